The van der Waals surface area contributed by atoms with E-state index in [0.29, 0.717) is 0 Å². The van der Waals surface area contributed by atoms with Gasteiger partial charge in [-0.1, -0.05) is 37.3 Å². The first-order valence-electron chi connectivity index (χ1n) is 5.90. The molecule has 0 radical (unpaired) electrons. The minimum Gasteiger partial charge on any atom is -0.346 e. The lowest BCUT2D eigenvalue weighted by Crippen LogP contribution is -1.82. The number of aromatic amines is 1. The van der Waals surface area contributed by atoms with E-state index in [9.17, 15) is 0 Å². The first kappa shape index (κ1) is 10.1. The maximum Gasteiger partial charge on any atom is 0.137 e. The average Bonchev–Trinajstić information content (AvgIpc) is 2.81. The van der Waals surface area contributed by atoms with Gasteiger partial charge in [-0.25, -0.2) is 4.98 Å². The molecular formula is C15H14N2. The molecule has 1 aromatic carbocycles. The van der Waals surface area contributed by atoms with Crippen molar-refractivity contribution in [3.63, 3.8) is 0 Å². The van der Waals surface area contributed by atoms with Gasteiger partial charge in [0.2, 0.25) is 0 Å². The third-order valence-corrected chi connectivity index (χ3v) is 3.10. The van der Waals surface area contributed by atoms with Gasteiger partial charge in [0.25, 0.3) is 0 Å². The van der Waals surface area contributed by atoms with Crippen molar-refractivity contribution >= 4 is 11.0 Å². The highest BCUT2D eigenvalue weighted by atomic mass is 14.8. The largest absolute Gasteiger partial charge is 0.346 e. The predicted molar refractivity (Wildman–Crippen MR) is 70.9 cm³/mol. The average molecular weight is 222 g/mol. The highest BCUT2D eigenvalue weighted by molar-refractivity contribution is 5.84. The molecule has 0 saturated carbocycles. The van der Waals surface area contributed by atoms with E-state index in [1.165, 1.54) is 22.1 Å². The number of nitrogens with one attached hydrogen (secondary N) is 1. The van der Waals surface area contributed by atoms with Crippen molar-refractivity contribution in [1.29, 1.82) is 0 Å². The number of aryl methyl sites for hydroxylation is 1. The van der Waals surface area contributed by atoms with Gasteiger partial charge in [0.1, 0.15) is 5.65 Å². The Hall–Kier alpha value is -2.09. The molecule has 17 heavy (non-hydrogen) atoms. The number of hydrogen-bond acceptors (Lipinski definition) is 1. The summed E-state index contributed by atoms with van der Waals surface area (Å²) < 4.78 is 0. The van der Waals surface area contributed by atoms with Gasteiger partial charge < -0.3 is 4.98 Å². The van der Waals surface area contributed by atoms with Gasteiger partial charge in [0.05, 0.1) is 0 Å². The fourth-order valence-electron chi connectivity index (χ4n) is 2.14. The summed E-state index contributed by atoms with van der Waals surface area (Å²) in [5.41, 5.74) is 4.68. The maximum absolute atomic E-state index is 4.47. The molecule has 0 saturated heterocycles. The number of hydrogen-bond donors (Lipinski definition) is 1. The Morgan fingerprint density at radius 1 is 1.12 bits per heavy atom. The number of rotatable bonds is 2. The topological polar surface area (TPSA) is 28.7 Å². The van der Waals surface area contributed by atoms with Crippen molar-refractivity contribution in [3.8, 4) is 11.1 Å². The van der Waals surface area contributed by atoms with Crippen molar-refractivity contribution in [2.45, 2.75) is 13.3 Å². The maximum atomic E-state index is 4.47. The molecule has 0 unspecified atom stereocenters. The Labute approximate surface area is 100 Å². The second-order valence-electron chi connectivity index (χ2n) is 4.15. The smallest absolute Gasteiger partial charge is 0.137 e. The number of H-pyrrole nitrogens is 1. The molecule has 0 bridgehead atoms. The van der Waals surface area contributed by atoms with E-state index in [1.807, 2.05) is 18.5 Å². The van der Waals surface area contributed by atoms with E-state index in [1.54, 1.807) is 0 Å². The van der Waals surface area contributed by atoms with Crippen LogP contribution in [0.1, 0.15) is 12.5 Å². The molecule has 1 N–H and O–H groups in total. The number of pyridine rings is 1. The third-order valence-electron chi connectivity index (χ3n) is 3.10. The molecule has 2 heteroatoms. The highest BCUT2D eigenvalue weighted by Gasteiger charge is 2.05. The standard InChI is InChI=1S/C15H14N2/c1-2-11-9-16-15-14(11)8-13(10-17-15)12-6-4-3-5-7-12/h3-10H,2H2,1H3,(H,16,17). The summed E-state index contributed by atoms with van der Waals surface area (Å²) in [5, 5.41) is 1.23. The van der Waals surface area contributed by atoms with E-state index in [0.717, 1.165) is 12.1 Å². The summed E-state index contributed by atoms with van der Waals surface area (Å²) in [6.45, 7) is 2.16. The normalized spacial score (nSPS) is 10.9. The second kappa shape index (κ2) is 4.06. The van der Waals surface area contributed by atoms with E-state index in [4.69, 9.17) is 0 Å². The van der Waals surface area contributed by atoms with Crippen LogP contribution in [0.3, 0.4) is 0 Å². The lowest BCUT2D eigenvalue weighted by Gasteiger charge is -2.01. The molecule has 0 aliphatic rings. The fourth-order valence-corrected chi connectivity index (χ4v) is 2.14. The first-order valence-corrected chi connectivity index (χ1v) is 5.90. The minimum atomic E-state index is 0.974. The first-order chi connectivity index (χ1) is 8.38. The molecule has 2 heterocycles. The number of benzene rings is 1. The van der Waals surface area contributed by atoms with Crippen LogP contribution in [0.15, 0.2) is 48.8 Å². The molecule has 3 rings (SSSR count). The van der Waals surface area contributed by atoms with Crippen LogP contribution in [0, 0.1) is 0 Å². The number of nitrogens with zero attached hydrogens (tertiary/aromatic N) is 1. The van der Waals surface area contributed by atoms with Crippen LogP contribution in [0.5, 0.6) is 0 Å². The number of fused-ring (bicyclic) bond motifs is 1. The molecule has 0 aliphatic carbocycles. The summed E-state index contributed by atoms with van der Waals surface area (Å²) in [6.07, 6.45) is 5.00. The van der Waals surface area contributed by atoms with Crippen LogP contribution in [0.25, 0.3) is 22.2 Å². The lowest BCUT2D eigenvalue weighted by atomic mass is 10.1. The van der Waals surface area contributed by atoms with Gasteiger partial charge in [-0.2, -0.15) is 0 Å². The Morgan fingerprint density at radius 3 is 2.71 bits per heavy atom. The fraction of sp³-hybridized carbons (Fsp3) is 0.133. The molecule has 84 valence electrons. The highest BCUT2D eigenvalue weighted by Crippen LogP contribution is 2.24. The molecular weight excluding hydrogens is 208 g/mol. The molecule has 0 fully saturated rings. The van der Waals surface area contributed by atoms with Gasteiger partial charge in [-0.15, -0.1) is 0 Å². The van der Waals surface area contributed by atoms with Gasteiger partial charge in [-0.05, 0) is 23.6 Å². The Bertz CT molecular complexity index is 638. The Kier molecular flexibility index (Phi) is 2.41. The number of aromatic nitrogens is 2. The van der Waals surface area contributed by atoms with E-state index in [2.05, 4.69) is 47.2 Å². The van der Waals surface area contributed by atoms with Gasteiger partial charge >= 0.3 is 0 Å². The second-order valence-corrected chi connectivity index (χ2v) is 4.15. The van der Waals surface area contributed by atoms with Crippen LogP contribution < -0.4 is 0 Å². The SMILES string of the molecule is CCc1c[nH]c2ncc(-c3ccccc3)cc12. The quantitative estimate of drug-likeness (QED) is 0.702. The molecule has 0 aliphatic heterocycles. The van der Waals surface area contributed by atoms with Gasteiger partial charge in [0, 0.05) is 23.3 Å². The van der Waals surface area contributed by atoms with Gasteiger partial charge in [0.15, 0.2) is 0 Å². The molecule has 2 nitrogen and oxygen atoms in total. The van der Waals surface area contributed by atoms with Crippen LogP contribution >= 0.6 is 0 Å². The summed E-state index contributed by atoms with van der Waals surface area (Å²) >= 11 is 0. The zero-order valence-electron chi connectivity index (χ0n) is 9.77. The van der Waals surface area contributed by atoms with E-state index >= 15 is 0 Å². The van der Waals surface area contributed by atoms with Crippen LogP contribution in [0.4, 0.5) is 0 Å². The molecule has 0 amide bonds. The molecule has 0 spiro atoms. The van der Waals surface area contributed by atoms with Crippen molar-refractivity contribution in [2.75, 3.05) is 0 Å². The third kappa shape index (κ3) is 1.72. The lowest BCUT2D eigenvalue weighted by molar-refractivity contribution is 1.15. The van der Waals surface area contributed by atoms with Crippen LogP contribution in [-0.4, -0.2) is 9.97 Å². The monoisotopic (exact) mass is 222 g/mol. The van der Waals surface area contributed by atoms with Crippen molar-refractivity contribution in [3.05, 3.63) is 54.4 Å². The van der Waals surface area contributed by atoms with Crippen molar-refractivity contribution in [2.24, 2.45) is 0 Å². The van der Waals surface area contributed by atoms with E-state index in [-0.39, 0.29) is 0 Å². The summed E-state index contributed by atoms with van der Waals surface area (Å²) in [5.74, 6) is 0. The molecule has 2 aromatic heterocycles. The zero-order valence-corrected chi connectivity index (χ0v) is 9.77. The van der Waals surface area contributed by atoms with Crippen LogP contribution in [0.2, 0.25) is 0 Å². The van der Waals surface area contributed by atoms with E-state index < -0.39 is 0 Å². The minimum absolute atomic E-state index is 0.974. The summed E-state index contributed by atoms with van der Waals surface area (Å²) in [4.78, 5) is 7.68. The van der Waals surface area contributed by atoms with Gasteiger partial charge in [-0.3, -0.25) is 0 Å². The molecule has 0 atom stereocenters. The Balaban J connectivity index is 2.19. The van der Waals surface area contributed by atoms with Crippen molar-refractivity contribution < 1.29 is 0 Å². The summed E-state index contributed by atoms with van der Waals surface area (Å²) in [7, 11) is 0. The summed E-state index contributed by atoms with van der Waals surface area (Å²) in [6, 6.07) is 12.6. The molecule has 3 aromatic rings. The van der Waals surface area contributed by atoms with Crippen LogP contribution in [-0.2, 0) is 6.42 Å². The zero-order chi connectivity index (χ0) is 11.7. The van der Waals surface area contributed by atoms with Crippen molar-refractivity contribution in [1.82, 2.24) is 9.97 Å². The predicted octanol–water partition coefficient (Wildman–Crippen LogP) is 3.79. The Morgan fingerprint density at radius 2 is 1.94 bits per heavy atom.